The van der Waals surface area contributed by atoms with Gasteiger partial charge in [0.15, 0.2) is 12.4 Å². The molecule has 6 heteroatoms. The Morgan fingerprint density at radius 3 is 2.62 bits per heavy atom. The van der Waals surface area contributed by atoms with Crippen LogP contribution in [0.15, 0.2) is 64.2 Å². The number of rotatable bonds is 7. The first kappa shape index (κ1) is 16.3. The van der Waals surface area contributed by atoms with E-state index in [0.29, 0.717) is 16.7 Å². The number of Topliss-reactive ketones (excluding diaryl/α,β-unsaturated/α-hetero) is 1. The Bertz CT molecular complexity index is 818. The van der Waals surface area contributed by atoms with Crippen LogP contribution < -0.4 is 4.74 Å². The molecule has 5 nitrogen and oxygen atoms in total. The number of nitrogens with zero attached hydrogens (tertiary/aromatic N) is 2. The molecule has 0 atom stereocenters. The molecule has 2 aromatic carbocycles. The number of thioether (sulfide) groups is 1. The first-order valence-electron chi connectivity index (χ1n) is 7.44. The summed E-state index contributed by atoms with van der Waals surface area (Å²) in [4.78, 5) is 12.0. The van der Waals surface area contributed by atoms with Gasteiger partial charge < -0.3 is 9.15 Å². The van der Waals surface area contributed by atoms with Crippen LogP contribution in [-0.2, 0) is 6.61 Å². The summed E-state index contributed by atoms with van der Waals surface area (Å²) in [7, 11) is 0. The first-order chi connectivity index (χ1) is 11.7. The van der Waals surface area contributed by atoms with Crippen LogP contribution in [0, 0.1) is 6.92 Å². The number of carbonyl (C=O) groups is 1. The Morgan fingerprint density at radius 2 is 1.83 bits per heavy atom. The number of hydrogen-bond acceptors (Lipinski definition) is 6. The maximum absolute atomic E-state index is 12.0. The molecule has 0 N–H and O–H groups in total. The number of aromatic nitrogens is 2. The van der Waals surface area contributed by atoms with Crippen molar-refractivity contribution in [2.45, 2.75) is 18.8 Å². The number of ketones is 1. The Morgan fingerprint density at radius 1 is 1.08 bits per heavy atom. The van der Waals surface area contributed by atoms with Crippen molar-refractivity contribution in [1.29, 1.82) is 0 Å². The van der Waals surface area contributed by atoms with Gasteiger partial charge in [-0.3, -0.25) is 4.79 Å². The summed E-state index contributed by atoms with van der Waals surface area (Å²) < 4.78 is 11.2. The molecule has 0 aliphatic rings. The second-order valence-electron chi connectivity index (χ2n) is 5.09. The minimum absolute atomic E-state index is 0.0245. The molecule has 122 valence electrons. The fraction of sp³-hybridized carbons (Fsp3) is 0.167. The maximum atomic E-state index is 12.0. The summed E-state index contributed by atoms with van der Waals surface area (Å²) in [5, 5.41) is 8.23. The first-order valence-corrected chi connectivity index (χ1v) is 8.43. The number of hydrogen-bond donors (Lipinski definition) is 0. The van der Waals surface area contributed by atoms with E-state index in [-0.39, 0.29) is 18.1 Å². The lowest BCUT2D eigenvalue weighted by Crippen LogP contribution is -2.01. The highest BCUT2D eigenvalue weighted by Gasteiger charge is 2.11. The minimum Gasteiger partial charge on any atom is -0.484 e. The number of carbonyl (C=O) groups excluding carboxylic acids is 1. The zero-order chi connectivity index (χ0) is 16.8. The van der Waals surface area contributed by atoms with Crippen LogP contribution in [0.5, 0.6) is 5.75 Å². The molecule has 0 saturated carbocycles. The lowest BCUT2D eigenvalue weighted by Gasteiger charge is -2.05. The van der Waals surface area contributed by atoms with E-state index in [1.54, 1.807) is 12.1 Å². The molecule has 0 saturated heterocycles. The maximum Gasteiger partial charge on any atom is 0.277 e. The smallest absolute Gasteiger partial charge is 0.277 e. The molecule has 0 spiro atoms. The van der Waals surface area contributed by atoms with Crippen LogP contribution in [0.2, 0.25) is 0 Å². The molecule has 0 fully saturated rings. The average molecular weight is 340 g/mol. The molecule has 1 aromatic heterocycles. The van der Waals surface area contributed by atoms with Crippen LogP contribution in [-0.4, -0.2) is 21.7 Å². The summed E-state index contributed by atoms with van der Waals surface area (Å²) in [6.45, 7) is 2.17. The van der Waals surface area contributed by atoms with Crippen molar-refractivity contribution in [1.82, 2.24) is 10.2 Å². The van der Waals surface area contributed by atoms with Crippen LogP contribution in [0.25, 0.3) is 0 Å². The highest BCUT2D eigenvalue weighted by atomic mass is 32.2. The molecule has 3 aromatic rings. The molecular weight excluding hydrogens is 324 g/mol. The second-order valence-corrected chi connectivity index (χ2v) is 6.02. The summed E-state index contributed by atoms with van der Waals surface area (Å²) in [6.07, 6.45) is 0. The monoisotopic (exact) mass is 340 g/mol. The molecule has 0 aliphatic heterocycles. The summed E-state index contributed by atoms with van der Waals surface area (Å²) in [6, 6.07) is 16.9. The fourth-order valence-corrected chi connectivity index (χ4v) is 2.72. The molecule has 0 amide bonds. The highest BCUT2D eigenvalue weighted by Crippen LogP contribution is 2.20. The van der Waals surface area contributed by atoms with Gasteiger partial charge in [0.25, 0.3) is 11.1 Å². The van der Waals surface area contributed by atoms with E-state index in [1.807, 2.05) is 49.4 Å². The number of ether oxygens (including phenoxy) is 1. The van der Waals surface area contributed by atoms with Gasteiger partial charge in [-0.1, -0.05) is 60.3 Å². The van der Waals surface area contributed by atoms with Crippen LogP contribution >= 0.6 is 11.8 Å². The third kappa shape index (κ3) is 4.23. The van der Waals surface area contributed by atoms with E-state index < -0.39 is 0 Å². The number of benzene rings is 2. The van der Waals surface area contributed by atoms with Crippen molar-refractivity contribution < 1.29 is 13.9 Å². The Labute approximate surface area is 144 Å². The molecular formula is C18H16N2O3S. The van der Waals surface area contributed by atoms with Gasteiger partial charge in [-0.05, 0) is 18.6 Å². The second kappa shape index (κ2) is 7.79. The van der Waals surface area contributed by atoms with Gasteiger partial charge >= 0.3 is 0 Å². The van der Waals surface area contributed by atoms with E-state index in [4.69, 9.17) is 9.15 Å². The van der Waals surface area contributed by atoms with E-state index in [2.05, 4.69) is 10.2 Å². The Hall–Kier alpha value is -2.60. The van der Waals surface area contributed by atoms with Crippen molar-refractivity contribution >= 4 is 17.5 Å². The van der Waals surface area contributed by atoms with Crippen LogP contribution in [0.4, 0.5) is 0 Å². The largest absolute Gasteiger partial charge is 0.484 e. The van der Waals surface area contributed by atoms with Gasteiger partial charge in [-0.15, -0.1) is 10.2 Å². The van der Waals surface area contributed by atoms with Gasteiger partial charge in [0, 0.05) is 5.56 Å². The number of aryl methyl sites for hydroxylation is 1. The summed E-state index contributed by atoms with van der Waals surface area (Å²) in [5.74, 6) is 1.44. The summed E-state index contributed by atoms with van der Waals surface area (Å²) in [5.41, 5.74) is 1.72. The van der Waals surface area contributed by atoms with Crippen molar-refractivity contribution in [2.24, 2.45) is 0 Å². The quantitative estimate of drug-likeness (QED) is 0.479. The zero-order valence-electron chi connectivity index (χ0n) is 13.1. The third-order valence-electron chi connectivity index (χ3n) is 3.32. The van der Waals surface area contributed by atoms with Gasteiger partial charge in [-0.2, -0.15) is 0 Å². The van der Waals surface area contributed by atoms with E-state index in [9.17, 15) is 4.79 Å². The van der Waals surface area contributed by atoms with Crippen LogP contribution in [0.3, 0.4) is 0 Å². The molecule has 0 aliphatic carbocycles. The topological polar surface area (TPSA) is 65.2 Å². The Kier molecular flexibility index (Phi) is 5.28. The van der Waals surface area contributed by atoms with Gasteiger partial charge in [0.05, 0.1) is 5.75 Å². The predicted octanol–water partition coefficient (Wildman–Crippen LogP) is 3.93. The standard InChI is InChI=1S/C18H16N2O3S/c1-13-7-5-6-10-16(13)22-11-17-19-20-18(23-17)24-12-15(21)14-8-3-2-4-9-14/h2-10H,11-12H2,1H3. The highest BCUT2D eigenvalue weighted by molar-refractivity contribution is 7.99. The lowest BCUT2D eigenvalue weighted by atomic mass is 10.2. The van der Waals surface area contributed by atoms with Crippen molar-refractivity contribution in [3.63, 3.8) is 0 Å². The molecule has 24 heavy (non-hydrogen) atoms. The predicted molar refractivity (Wildman–Crippen MR) is 91.3 cm³/mol. The van der Waals surface area contributed by atoms with E-state index in [1.165, 1.54) is 11.8 Å². The SMILES string of the molecule is Cc1ccccc1OCc1nnc(SCC(=O)c2ccccc2)o1. The molecule has 1 heterocycles. The fourth-order valence-electron chi connectivity index (χ4n) is 2.05. The van der Waals surface area contributed by atoms with Crippen molar-refractivity contribution in [2.75, 3.05) is 5.75 Å². The molecule has 0 unspecified atom stereocenters. The number of para-hydroxylation sites is 1. The lowest BCUT2D eigenvalue weighted by molar-refractivity contribution is 0.102. The van der Waals surface area contributed by atoms with E-state index >= 15 is 0 Å². The van der Waals surface area contributed by atoms with Crippen LogP contribution in [0.1, 0.15) is 21.8 Å². The summed E-state index contributed by atoms with van der Waals surface area (Å²) >= 11 is 1.22. The van der Waals surface area contributed by atoms with Crippen molar-refractivity contribution in [3.05, 3.63) is 71.6 Å². The minimum atomic E-state index is 0.0245. The van der Waals surface area contributed by atoms with Gasteiger partial charge in [0.2, 0.25) is 0 Å². The van der Waals surface area contributed by atoms with Gasteiger partial charge in [0.1, 0.15) is 5.75 Å². The van der Waals surface area contributed by atoms with Crippen molar-refractivity contribution in [3.8, 4) is 5.75 Å². The van der Waals surface area contributed by atoms with Gasteiger partial charge in [-0.25, -0.2) is 0 Å². The average Bonchev–Trinajstić information content (AvgIpc) is 3.08. The zero-order valence-corrected chi connectivity index (χ0v) is 14.0. The molecule has 3 rings (SSSR count). The van der Waals surface area contributed by atoms with E-state index in [0.717, 1.165) is 11.3 Å². The molecule has 0 bridgehead atoms. The Balaban J connectivity index is 1.52. The molecule has 0 radical (unpaired) electrons. The third-order valence-corrected chi connectivity index (χ3v) is 4.13. The normalized spacial score (nSPS) is 10.5.